The van der Waals surface area contributed by atoms with Gasteiger partial charge in [-0.1, -0.05) is 78.4 Å². The molecule has 0 aromatic heterocycles. The highest BCUT2D eigenvalue weighted by molar-refractivity contribution is 7.89. The zero-order valence-electron chi connectivity index (χ0n) is 15.5. The SMILES string of the molecule is Cc1ccc(S(=O)(=O)N(N)C(C(=O)Cc2ccccc2)c2ccccc2)cc1. The Kier molecular flexibility index (Phi) is 6.04. The van der Waals surface area contributed by atoms with Crippen LogP contribution in [-0.2, 0) is 21.2 Å². The summed E-state index contributed by atoms with van der Waals surface area (Å²) in [7, 11) is -4.05. The maximum Gasteiger partial charge on any atom is 0.256 e. The van der Waals surface area contributed by atoms with E-state index in [0.717, 1.165) is 11.1 Å². The molecule has 3 rings (SSSR count). The minimum absolute atomic E-state index is 0.0500. The van der Waals surface area contributed by atoms with Gasteiger partial charge < -0.3 is 0 Å². The molecule has 5 nitrogen and oxygen atoms in total. The lowest BCUT2D eigenvalue weighted by Gasteiger charge is -2.26. The fourth-order valence-electron chi connectivity index (χ4n) is 2.97. The highest BCUT2D eigenvalue weighted by atomic mass is 32.2. The monoisotopic (exact) mass is 394 g/mol. The van der Waals surface area contributed by atoms with Crippen LogP contribution in [0.4, 0.5) is 0 Å². The maximum absolute atomic E-state index is 13.1. The Morgan fingerprint density at radius 3 is 2.00 bits per heavy atom. The van der Waals surface area contributed by atoms with Crippen LogP contribution in [-0.4, -0.2) is 18.6 Å². The van der Waals surface area contributed by atoms with Gasteiger partial charge in [-0.15, -0.1) is 4.41 Å². The molecule has 0 aliphatic heterocycles. The van der Waals surface area contributed by atoms with Crippen molar-refractivity contribution < 1.29 is 13.2 Å². The summed E-state index contributed by atoms with van der Waals surface area (Å²) in [5, 5.41) is 0. The molecule has 3 aromatic rings. The minimum atomic E-state index is -4.05. The van der Waals surface area contributed by atoms with Crippen molar-refractivity contribution in [2.45, 2.75) is 24.3 Å². The quantitative estimate of drug-likeness (QED) is 0.492. The first kappa shape index (κ1) is 19.9. The third kappa shape index (κ3) is 4.36. The number of carbonyl (C=O) groups is 1. The molecule has 28 heavy (non-hydrogen) atoms. The topological polar surface area (TPSA) is 80.5 Å². The molecule has 6 heteroatoms. The van der Waals surface area contributed by atoms with Gasteiger partial charge in [0.25, 0.3) is 10.0 Å². The first-order valence-electron chi connectivity index (χ1n) is 8.87. The number of nitrogens with zero attached hydrogens (tertiary/aromatic N) is 1. The van der Waals surface area contributed by atoms with E-state index < -0.39 is 16.1 Å². The van der Waals surface area contributed by atoms with E-state index in [1.807, 2.05) is 37.3 Å². The van der Waals surface area contributed by atoms with Crippen LogP contribution in [0.15, 0.2) is 89.8 Å². The Labute approximate surface area is 165 Å². The first-order chi connectivity index (χ1) is 13.4. The van der Waals surface area contributed by atoms with E-state index in [9.17, 15) is 13.2 Å². The Morgan fingerprint density at radius 2 is 1.43 bits per heavy atom. The number of hydrogen-bond acceptors (Lipinski definition) is 4. The normalized spacial score (nSPS) is 12.7. The molecule has 0 spiro atoms. The summed E-state index contributed by atoms with van der Waals surface area (Å²) in [6.45, 7) is 1.87. The van der Waals surface area contributed by atoms with Crippen LogP contribution in [0.25, 0.3) is 0 Å². The molecule has 0 amide bonds. The lowest BCUT2D eigenvalue weighted by Crippen LogP contribution is -2.44. The third-order valence-electron chi connectivity index (χ3n) is 4.49. The van der Waals surface area contributed by atoms with Crippen molar-refractivity contribution in [3.05, 3.63) is 102 Å². The van der Waals surface area contributed by atoms with E-state index >= 15 is 0 Å². The number of ketones is 1. The van der Waals surface area contributed by atoms with Crippen LogP contribution >= 0.6 is 0 Å². The molecule has 1 atom stereocenters. The lowest BCUT2D eigenvalue weighted by atomic mass is 9.98. The summed E-state index contributed by atoms with van der Waals surface area (Å²) in [6, 6.07) is 23.2. The molecule has 0 aliphatic carbocycles. The van der Waals surface area contributed by atoms with E-state index in [2.05, 4.69) is 0 Å². The maximum atomic E-state index is 13.1. The summed E-state index contributed by atoms with van der Waals surface area (Å²) >= 11 is 0. The second-order valence-electron chi connectivity index (χ2n) is 6.59. The van der Waals surface area contributed by atoms with Crippen molar-refractivity contribution in [1.29, 1.82) is 0 Å². The largest absolute Gasteiger partial charge is 0.297 e. The molecule has 3 aromatic carbocycles. The second kappa shape index (κ2) is 8.48. The van der Waals surface area contributed by atoms with Gasteiger partial charge in [-0.05, 0) is 30.2 Å². The molecule has 0 bridgehead atoms. The molecule has 0 saturated heterocycles. The van der Waals surface area contributed by atoms with Gasteiger partial charge in [0.15, 0.2) is 5.78 Å². The highest BCUT2D eigenvalue weighted by Gasteiger charge is 2.34. The van der Waals surface area contributed by atoms with E-state index in [1.165, 1.54) is 12.1 Å². The summed E-state index contributed by atoms with van der Waals surface area (Å²) in [4.78, 5) is 13.2. The van der Waals surface area contributed by atoms with E-state index in [4.69, 9.17) is 5.84 Å². The zero-order valence-corrected chi connectivity index (χ0v) is 16.3. The number of carbonyl (C=O) groups excluding carboxylic acids is 1. The van der Waals surface area contributed by atoms with E-state index in [-0.39, 0.29) is 17.1 Å². The van der Waals surface area contributed by atoms with Crippen LogP contribution in [0, 0.1) is 6.92 Å². The van der Waals surface area contributed by atoms with Gasteiger partial charge in [0.1, 0.15) is 6.04 Å². The van der Waals surface area contributed by atoms with Gasteiger partial charge in [-0.3, -0.25) is 10.6 Å². The molecule has 0 radical (unpaired) electrons. The van der Waals surface area contributed by atoms with E-state index in [1.54, 1.807) is 42.5 Å². The van der Waals surface area contributed by atoms with Gasteiger partial charge in [-0.2, -0.15) is 0 Å². The molecular formula is C22H22N2O3S. The van der Waals surface area contributed by atoms with Crippen molar-refractivity contribution in [2.75, 3.05) is 0 Å². The van der Waals surface area contributed by atoms with Crippen molar-refractivity contribution in [3.8, 4) is 0 Å². The van der Waals surface area contributed by atoms with Gasteiger partial charge in [0.2, 0.25) is 0 Å². The molecule has 0 fully saturated rings. The Bertz CT molecular complexity index is 1030. The molecule has 144 valence electrons. The minimum Gasteiger partial charge on any atom is -0.297 e. The molecule has 0 aliphatic rings. The van der Waals surface area contributed by atoms with Gasteiger partial charge in [0.05, 0.1) is 4.90 Å². The fourth-order valence-corrected chi connectivity index (χ4v) is 4.21. The summed E-state index contributed by atoms with van der Waals surface area (Å²) < 4.78 is 26.8. The van der Waals surface area contributed by atoms with E-state index in [0.29, 0.717) is 9.98 Å². The molecule has 1 unspecified atom stereocenters. The standard InChI is InChI=1S/C22H22N2O3S/c1-17-12-14-20(15-13-17)28(26,27)24(23)22(19-10-6-3-7-11-19)21(25)16-18-8-4-2-5-9-18/h2-15,22H,16,23H2,1H3. The summed E-state index contributed by atoms with van der Waals surface area (Å²) in [6.07, 6.45) is 0.0809. The van der Waals surface area contributed by atoms with Crippen molar-refractivity contribution >= 4 is 15.8 Å². The average molecular weight is 394 g/mol. The molecular weight excluding hydrogens is 372 g/mol. The van der Waals surface area contributed by atoms with Crippen LogP contribution in [0.5, 0.6) is 0 Å². The number of sulfonamides is 1. The van der Waals surface area contributed by atoms with Crippen molar-refractivity contribution in [1.82, 2.24) is 4.41 Å². The van der Waals surface area contributed by atoms with Crippen LogP contribution in [0.3, 0.4) is 0 Å². The number of hydrogen-bond donors (Lipinski definition) is 1. The van der Waals surface area contributed by atoms with Crippen LogP contribution in [0.2, 0.25) is 0 Å². The second-order valence-corrected chi connectivity index (χ2v) is 8.43. The number of benzene rings is 3. The summed E-state index contributed by atoms with van der Waals surface area (Å²) in [5.41, 5.74) is 2.26. The number of aryl methyl sites for hydroxylation is 1. The Hall–Kier alpha value is -2.80. The van der Waals surface area contributed by atoms with Crippen LogP contribution < -0.4 is 5.84 Å². The zero-order chi connectivity index (χ0) is 20.1. The number of rotatable bonds is 7. The molecule has 0 heterocycles. The predicted octanol–water partition coefficient (Wildman–Crippen LogP) is 3.41. The first-order valence-corrected chi connectivity index (χ1v) is 10.3. The summed E-state index contributed by atoms with van der Waals surface area (Å²) in [5.74, 6) is 5.78. The fraction of sp³-hybridized carbons (Fsp3) is 0.136. The Balaban J connectivity index is 1.98. The van der Waals surface area contributed by atoms with Crippen LogP contribution in [0.1, 0.15) is 22.7 Å². The lowest BCUT2D eigenvalue weighted by molar-refractivity contribution is -0.122. The molecule has 0 saturated carbocycles. The molecule has 2 N–H and O–H groups in total. The van der Waals surface area contributed by atoms with Crippen molar-refractivity contribution in [3.63, 3.8) is 0 Å². The predicted molar refractivity (Wildman–Crippen MR) is 109 cm³/mol. The number of Topliss-reactive ketones (excluding diaryl/α,β-unsaturated/α-hetero) is 1. The Morgan fingerprint density at radius 1 is 0.893 bits per heavy atom. The van der Waals surface area contributed by atoms with Crippen molar-refractivity contribution in [2.24, 2.45) is 5.84 Å². The van der Waals surface area contributed by atoms with Gasteiger partial charge in [-0.25, -0.2) is 8.42 Å². The number of nitrogens with two attached hydrogens (primary N) is 1. The average Bonchev–Trinajstić information content (AvgIpc) is 2.70. The third-order valence-corrected chi connectivity index (χ3v) is 6.13. The van der Waals surface area contributed by atoms with Gasteiger partial charge >= 0.3 is 0 Å². The smallest absolute Gasteiger partial charge is 0.256 e. The van der Waals surface area contributed by atoms with Gasteiger partial charge in [0, 0.05) is 6.42 Å². The highest BCUT2D eigenvalue weighted by Crippen LogP contribution is 2.27. The number of hydrazine groups is 1.